The fraction of sp³-hybridized carbons (Fsp3) is 0.462. The smallest absolute Gasteiger partial charge is 0.159 e. The number of aromatic nitrogens is 1. The molecule has 1 aromatic heterocycles. The molecule has 4 heterocycles. The summed E-state index contributed by atoms with van der Waals surface area (Å²) in [4.78, 5) is 6.33. The maximum Gasteiger partial charge on any atom is 0.159 e. The first-order valence-corrected chi connectivity index (χ1v) is 9.46. The molecular formula is C13H12FIN2OS. The molecule has 3 saturated heterocycles. The first-order chi connectivity index (χ1) is 9.28. The molecule has 4 rings (SSSR count). The van der Waals surface area contributed by atoms with Crippen molar-refractivity contribution < 1.29 is 9.13 Å². The van der Waals surface area contributed by atoms with Gasteiger partial charge in [-0.1, -0.05) is 0 Å². The Morgan fingerprint density at radius 1 is 1.53 bits per heavy atom. The monoisotopic (exact) mass is 390 g/mol. The van der Waals surface area contributed by atoms with E-state index in [-0.39, 0.29) is 17.6 Å². The Morgan fingerprint density at radius 3 is 3.00 bits per heavy atom. The van der Waals surface area contributed by atoms with E-state index in [0.717, 1.165) is 31.7 Å². The Hall–Kier alpha value is -0.520. The fourth-order valence-electron chi connectivity index (χ4n) is 2.61. The van der Waals surface area contributed by atoms with Gasteiger partial charge < -0.3 is 9.64 Å². The van der Waals surface area contributed by atoms with Gasteiger partial charge >= 0.3 is 0 Å². The number of ether oxygens (including phenoxy) is 1. The zero-order valence-corrected chi connectivity index (χ0v) is 13.1. The van der Waals surface area contributed by atoms with E-state index in [1.54, 1.807) is 6.20 Å². The van der Waals surface area contributed by atoms with Gasteiger partial charge in [-0.05, 0) is 32.9 Å². The van der Waals surface area contributed by atoms with Gasteiger partial charge in [-0.3, -0.25) is 0 Å². The SMILES string of the molecule is Fc1cc(N2C[C@H]3CCC2CO3)cnc1C#CSI. The van der Waals surface area contributed by atoms with Crippen LogP contribution in [0.4, 0.5) is 10.1 Å². The molecule has 6 heteroatoms. The molecule has 100 valence electrons. The third-order valence-corrected chi connectivity index (χ3v) is 4.39. The molecule has 1 aromatic rings. The van der Waals surface area contributed by atoms with Crippen LogP contribution in [-0.2, 0) is 4.74 Å². The summed E-state index contributed by atoms with van der Waals surface area (Å²) in [5, 5.41) is 2.75. The zero-order valence-electron chi connectivity index (χ0n) is 10.1. The molecule has 2 bridgehead atoms. The van der Waals surface area contributed by atoms with Crippen molar-refractivity contribution in [1.82, 2.24) is 4.98 Å². The predicted molar refractivity (Wildman–Crippen MR) is 82.8 cm³/mol. The van der Waals surface area contributed by atoms with Crippen molar-refractivity contribution in [3.8, 4) is 11.2 Å². The van der Waals surface area contributed by atoms with E-state index in [4.69, 9.17) is 4.74 Å². The Morgan fingerprint density at radius 2 is 2.42 bits per heavy atom. The first kappa shape index (κ1) is 13.5. The second-order valence-corrected chi connectivity index (χ2v) is 6.35. The van der Waals surface area contributed by atoms with Crippen molar-refractivity contribution in [1.29, 1.82) is 0 Å². The minimum atomic E-state index is -0.349. The molecule has 2 atom stereocenters. The molecular weight excluding hydrogens is 378 g/mol. The third kappa shape index (κ3) is 2.83. The lowest BCUT2D eigenvalue weighted by Crippen LogP contribution is -2.54. The van der Waals surface area contributed by atoms with Gasteiger partial charge in [-0.15, -0.1) is 0 Å². The van der Waals surface area contributed by atoms with Crippen LogP contribution in [0.2, 0.25) is 0 Å². The lowest BCUT2D eigenvalue weighted by molar-refractivity contribution is -0.0225. The van der Waals surface area contributed by atoms with Gasteiger partial charge in [0.15, 0.2) is 5.82 Å². The summed E-state index contributed by atoms with van der Waals surface area (Å²) >= 11 is 2.05. The van der Waals surface area contributed by atoms with E-state index in [9.17, 15) is 4.39 Å². The molecule has 0 N–H and O–H groups in total. The summed E-state index contributed by atoms with van der Waals surface area (Å²) in [5.74, 6) is 2.35. The Bertz CT molecular complexity index is 537. The number of pyridine rings is 1. The molecule has 3 nitrogen and oxygen atoms in total. The van der Waals surface area contributed by atoms with Crippen LogP contribution < -0.4 is 4.90 Å². The summed E-state index contributed by atoms with van der Waals surface area (Å²) in [6.07, 6.45) is 4.21. The molecule has 3 aliphatic heterocycles. The molecule has 0 saturated carbocycles. The van der Waals surface area contributed by atoms with E-state index in [0.29, 0.717) is 6.04 Å². The maximum absolute atomic E-state index is 13.9. The maximum atomic E-state index is 13.9. The summed E-state index contributed by atoms with van der Waals surface area (Å²) in [6, 6.07) is 1.89. The Kier molecular flexibility index (Phi) is 4.15. The van der Waals surface area contributed by atoms with Gasteiger partial charge in [0, 0.05) is 33.8 Å². The molecule has 0 radical (unpaired) electrons. The van der Waals surface area contributed by atoms with Crippen LogP contribution in [0, 0.1) is 17.0 Å². The summed E-state index contributed by atoms with van der Waals surface area (Å²) in [7, 11) is 1.32. The number of anilines is 1. The summed E-state index contributed by atoms with van der Waals surface area (Å²) in [5.41, 5.74) is 1.05. The summed E-state index contributed by atoms with van der Waals surface area (Å²) in [6.45, 7) is 1.57. The van der Waals surface area contributed by atoms with Gasteiger partial charge in [-0.25, -0.2) is 9.37 Å². The average Bonchev–Trinajstić information content (AvgIpc) is 2.47. The van der Waals surface area contributed by atoms with Crippen LogP contribution in [0.15, 0.2) is 12.3 Å². The highest BCUT2D eigenvalue weighted by Crippen LogP contribution is 2.31. The number of nitrogens with zero attached hydrogens (tertiary/aromatic N) is 2. The number of hydrogen-bond acceptors (Lipinski definition) is 4. The number of fused-ring (bicyclic) bond motifs is 3. The highest BCUT2D eigenvalue weighted by Gasteiger charge is 2.34. The normalized spacial score (nSPS) is 25.1. The standard InChI is InChI=1S/C13H12FIN2OS/c14-12-5-10(6-16-13(12)3-4-19-15)17-7-11-2-1-9(17)8-18-11/h5-6,9,11H,1-2,7-8H2/t9?,11-/m1/s1. The number of rotatable bonds is 1. The minimum Gasteiger partial charge on any atom is -0.374 e. The van der Waals surface area contributed by atoms with Crippen molar-refractivity contribution in [2.75, 3.05) is 18.1 Å². The van der Waals surface area contributed by atoms with Gasteiger partial charge in [0.1, 0.15) is 5.69 Å². The third-order valence-electron chi connectivity index (χ3n) is 3.55. The molecule has 0 spiro atoms. The molecule has 3 aliphatic rings. The van der Waals surface area contributed by atoms with E-state index in [1.165, 1.54) is 15.0 Å². The zero-order chi connectivity index (χ0) is 13.2. The van der Waals surface area contributed by atoms with E-state index in [1.807, 2.05) is 0 Å². The number of morpholine rings is 1. The fourth-order valence-corrected chi connectivity index (χ4v) is 3.08. The number of halogens is 2. The molecule has 0 aromatic carbocycles. The molecule has 0 aliphatic carbocycles. The lowest BCUT2D eigenvalue weighted by Gasteiger charge is -2.46. The van der Waals surface area contributed by atoms with Gasteiger partial charge in [0.05, 0.1) is 30.6 Å². The number of hydrogen-bond donors (Lipinski definition) is 0. The second-order valence-electron chi connectivity index (χ2n) is 4.67. The minimum absolute atomic E-state index is 0.214. The predicted octanol–water partition coefficient (Wildman–Crippen LogP) is 2.98. The molecule has 3 fully saturated rings. The van der Waals surface area contributed by atoms with Crippen molar-refractivity contribution >= 4 is 35.8 Å². The highest BCUT2D eigenvalue weighted by molar-refractivity contribution is 14.2. The quantitative estimate of drug-likeness (QED) is 0.544. The van der Waals surface area contributed by atoms with Crippen LogP contribution in [0.3, 0.4) is 0 Å². The Labute approximate surface area is 127 Å². The van der Waals surface area contributed by atoms with E-state index < -0.39 is 0 Å². The lowest BCUT2D eigenvalue weighted by atomic mass is 9.96. The highest BCUT2D eigenvalue weighted by atomic mass is 127. The van der Waals surface area contributed by atoms with E-state index >= 15 is 0 Å². The van der Waals surface area contributed by atoms with Crippen LogP contribution in [0.1, 0.15) is 18.5 Å². The topological polar surface area (TPSA) is 25.4 Å². The van der Waals surface area contributed by atoms with Gasteiger partial charge in [0.25, 0.3) is 0 Å². The van der Waals surface area contributed by atoms with Crippen molar-refractivity contribution in [2.24, 2.45) is 0 Å². The first-order valence-electron chi connectivity index (χ1n) is 6.10. The van der Waals surface area contributed by atoms with Crippen molar-refractivity contribution in [3.05, 3.63) is 23.8 Å². The molecule has 19 heavy (non-hydrogen) atoms. The molecule has 1 unspecified atom stereocenters. The average molecular weight is 390 g/mol. The van der Waals surface area contributed by atoms with Crippen LogP contribution >= 0.6 is 30.1 Å². The van der Waals surface area contributed by atoms with Crippen molar-refractivity contribution in [3.63, 3.8) is 0 Å². The van der Waals surface area contributed by atoms with E-state index in [2.05, 4.69) is 42.3 Å². The Balaban J connectivity index is 1.84. The van der Waals surface area contributed by atoms with Gasteiger partial charge in [-0.2, -0.15) is 0 Å². The van der Waals surface area contributed by atoms with Gasteiger partial charge in [0.2, 0.25) is 0 Å². The van der Waals surface area contributed by atoms with Crippen LogP contribution in [0.25, 0.3) is 0 Å². The number of piperidine rings is 1. The van der Waals surface area contributed by atoms with Crippen LogP contribution in [-0.4, -0.2) is 30.3 Å². The van der Waals surface area contributed by atoms with Crippen molar-refractivity contribution in [2.45, 2.75) is 25.0 Å². The largest absolute Gasteiger partial charge is 0.374 e. The molecule has 0 amide bonds. The van der Waals surface area contributed by atoms with Crippen LogP contribution in [0.5, 0.6) is 0 Å². The second kappa shape index (κ2) is 5.85. The summed E-state index contributed by atoms with van der Waals surface area (Å²) < 4.78 is 19.6.